The fraction of sp³-hybridized carbons (Fsp3) is 0.714. The van der Waals surface area contributed by atoms with Gasteiger partial charge in [-0.15, -0.1) is 0 Å². The molecule has 0 saturated carbocycles. The smallest absolute Gasteiger partial charge is 0.272 e. The summed E-state index contributed by atoms with van der Waals surface area (Å²) in [7, 11) is 3.51. The molecule has 0 radical (unpaired) electrons. The highest BCUT2D eigenvalue weighted by Gasteiger charge is 2.44. The predicted octanol–water partition coefficient (Wildman–Crippen LogP) is 0.830. The molecule has 6 nitrogen and oxygen atoms in total. The van der Waals surface area contributed by atoms with Crippen LogP contribution in [0.4, 0.5) is 0 Å². The zero-order chi connectivity index (χ0) is 14.2. The molecule has 20 heavy (non-hydrogen) atoms. The first kappa shape index (κ1) is 13.6. The van der Waals surface area contributed by atoms with Crippen molar-refractivity contribution in [2.45, 2.75) is 31.0 Å². The lowest BCUT2D eigenvalue weighted by molar-refractivity contribution is -0.0460. The number of nitrogens with zero attached hydrogens (tertiary/aromatic N) is 3. The second-order valence-corrected chi connectivity index (χ2v) is 5.73. The van der Waals surface area contributed by atoms with E-state index in [1.54, 1.807) is 31.1 Å². The number of carbonyl (C=O) groups is 1. The van der Waals surface area contributed by atoms with E-state index in [9.17, 15) is 4.79 Å². The Hall–Kier alpha value is -1.40. The molecule has 1 spiro atoms. The molecule has 0 N–H and O–H groups in total. The van der Waals surface area contributed by atoms with Crippen molar-refractivity contribution in [3.63, 3.8) is 0 Å². The maximum Gasteiger partial charge on any atom is 0.272 e. The Morgan fingerprint density at radius 3 is 3.10 bits per heavy atom. The Balaban J connectivity index is 1.73. The normalized spacial score (nSPS) is 30.1. The number of rotatable bonds is 2. The first-order valence-corrected chi connectivity index (χ1v) is 7.08. The van der Waals surface area contributed by atoms with Crippen molar-refractivity contribution in [3.05, 3.63) is 18.0 Å². The van der Waals surface area contributed by atoms with Gasteiger partial charge in [0, 0.05) is 33.3 Å². The van der Waals surface area contributed by atoms with Crippen molar-refractivity contribution < 1.29 is 14.3 Å². The van der Waals surface area contributed by atoms with E-state index >= 15 is 0 Å². The molecule has 1 aromatic heterocycles. The summed E-state index contributed by atoms with van der Waals surface area (Å²) < 4.78 is 13.0. The second kappa shape index (κ2) is 5.18. The Labute approximate surface area is 118 Å². The molecular weight excluding hydrogens is 258 g/mol. The molecular formula is C14H21N3O3. The third-order valence-corrected chi connectivity index (χ3v) is 4.38. The summed E-state index contributed by atoms with van der Waals surface area (Å²) in [5, 5.41) is 4.06. The molecule has 2 atom stereocenters. The van der Waals surface area contributed by atoms with E-state index in [0.29, 0.717) is 18.8 Å². The van der Waals surface area contributed by atoms with Crippen molar-refractivity contribution >= 4 is 5.91 Å². The first-order chi connectivity index (χ1) is 9.63. The summed E-state index contributed by atoms with van der Waals surface area (Å²) in [6.07, 6.45) is 4.66. The Bertz CT molecular complexity index is 502. The zero-order valence-corrected chi connectivity index (χ0v) is 12.0. The Kier molecular flexibility index (Phi) is 3.52. The summed E-state index contributed by atoms with van der Waals surface area (Å²) in [6, 6.07) is 1.76. The van der Waals surface area contributed by atoms with E-state index < -0.39 is 0 Å². The fourth-order valence-corrected chi connectivity index (χ4v) is 3.26. The number of likely N-dealkylation sites (tertiary alicyclic amines) is 1. The van der Waals surface area contributed by atoms with Crippen molar-refractivity contribution in [1.29, 1.82) is 0 Å². The minimum atomic E-state index is -0.215. The minimum absolute atomic E-state index is 0.0357. The average molecular weight is 279 g/mol. The van der Waals surface area contributed by atoms with Crippen LogP contribution in [0.3, 0.4) is 0 Å². The molecule has 2 aliphatic rings. The number of methoxy groups -OCH3 is 1. The minimum Gasteiger partial charge on any atom is -0.379 e. The van der Waals surface area contributed by atoms with Gasteiger partial charge in [-0.25, -0.2) is 0 Å². The fourth-order valence-electron chi connectivity index (χ4n) is 3.26. The van der Waals surface area contributed by atoms with Gasteiger partial charge in [-0.1, -0.05) is 0 Å². The maximum atomic E-state index is 12.6. The van der Waals surface area contributed by atoms with Crippen LogP contribution in [0.2, 0.25) is 0 Å². The van der Waals surface area contributed by atoms with Crippen LogP contribution < -0.4 is 0 Å². The van der Waals surface area contributed by atoms with E-state index in [1.165, 1.54) is 0 Å². The molecule has 0 aromatic carbocycles. The number of aryl methyl sites for hydroxylation is 1. The molecule has 1 aromatic rings. The quantitative estimate of drug-likeness (QED) is 0.804. The third-order valence-electron chi connectivity index (χ3n) is 4.38. The van der Waals surface area contributed by atoms with Crippen LogP contribution in [0.5, 0.6) is 0 Å². The van der Waals surface area contributed by atoms with Crippen molar-refractivity contribution in [2.75, 3.05) is 26.8 Å². The van der Waals surface area contributed by atoms with Crippen LogP contribution in [-0.4, -0.2) is 59.1 Å². The Morgan fingerprint density at radius 2 is 2.45 bits per heavy atom. The van der Waals surface area contributed by atoms with Crippen LogP contribution in [0.15, 0.2) is 12.3 Å². The molecule has 0 bridgehead atoms. The molecule has 0 unspecified atom stereocenters. The van der Waals surface area contributed by atoms with Crippen LogP contribution in [0.25, 0.3) is 0 Å². The van der Waals surface area contributed by atoms with Gasteiger partial charge < -0.3 is 14.4 Å². The van der Waals surface area contributed by atoms with Gasteiger partial charge in [0.05, 0.1) is 24.9 Å². The molecule has 2 fully saturated rings. The summed E-state index contributed by atoms with van der Waals surface area (Å²) >= 11 is 0. The van der Waals surface area contributed by atoms with E-state index in [2.05, 4.69) is 5.10 Å². The highest BCUT2D eigenvalue weighted by Crippen LogP contribution is 2.35. The highest BCUT2D eigenvalue weighted by atomic mass is 16.6. The van der Waals surface area contributed by atoms with Crippen LogP contribution in [0.1, 0.15) is 29.8 Å². The van der Waals surface area contributed by atoms with E-state index in [4.69, 9.17) is 9.47 Å². The number of carbonyl (C=O) groups excluding carboxylic acids is 1. The largest absolute Gasteiger partial charge is 0.379 e. The van der Waals surface area contributed by atoms with Gasteiger partial charge in [0.25, 0.3) is 5.91 Å². The van der Waals surface area contributed by atoms with E-state index in [0.717, 1.165) is 25.8 Å². The Morgan fingerprint density at radius 1 is 1.60 bits per heavy atom. The van der Waals surface area contributed by atoms with Gasteiger partial charge >= 0.3 is 0 Å². The SMILES string of the molecule is CO[C@@H]1CO[C@]2(CCCN(C(=O)c3ccnn3C)C2)C1. The lowest BCUT2D eigenvalue weighted by Gasteiger charge is -2.39. The van der Waals surface area contributed by atoms with Crippen molar-refractivity contribution in [1.82, 2.24) is 14.7 Å². The highest BCUT2D eigenvalue weighted by molar-refractivity contribution is 5.92. The lowest BCUT2D eigenvalue weighted by Crippen LogP contribution is -2.50. The summed E-state index contributed by atoms with van der Waals surface area (Å²) in [6.45, 7) is 2.06. The number of ether oxygens (including phenoxy) is 2. The number of hydrogen-bond donors (Lipinski definition) is 0. The summed E-state index contributed by atoms with van der Waals surface area (Å²) in [5.41, 5.74) is 0.413. The lowest BCUT2D eigenvalue weighted by atomic mass is 9.89. The summed E-state index contributed by atoms with van der Waals surface area (Å²) in [5.74, 6) is 0.0357. The van der Waals surface area contributed by atoms with Gasteiger partial charge in [0.15, 0.2) is 0 Å². The van der Waals surface area contributed by atoms with Gasteiger partial charge in [-0.3, -0.25) is 9.48 Å². The molecule has 0 aliphatic carbocycles. The number of hydrogen-bond acceptors (Lipinski definition) is 4. The number of amides is 1. The second-order valence-electron chi connectivity index (χ2n) is 5.73. The van der Waals surface area contributed by atoms with Gasteiger partial charge in [0.2, 0.25) is 0 Å². The molecule has 3 rings (SSSR count). The standard InChI is InChI=1S/C14H21N3O3/c1-16-12(4-6-15-16)13(18)17-7-3-5-14(10-17)8-11(19-2)9-20-14/h4,6,11H,3,5,7-10H2,1-2H3/t11-,14+/m0/s1. The average Bonchev–Trinajstić information content (AvgIpc) is 3.05. The van der Waals surface area contributed by atoms with E-state index in [1.807, 2.05) is 4.90 Å². The first-order valence-electron chi connectivity index (χ1n) is 7.08. The van der Waals surface area contributed by atoms with Gasteiger partial charge in [-0.2, -0.15) is 5.10 Å². The predicted molar refractivity (Wildman–Crippen MR) is 72.4 cm³/mol. The monoisotopic (exact) mass is 279 g/mol. The zero-order valence-electron chi connectivity index (χ0n) is 12.0. The topological polar surface area (TPSA) is 56.6 Å². The molecule has 110 valence electrons. The van der Waals surface area contributed by atoms with Gasteiger partial charge in [0.1, 0.15) is 5.69 Å². The molecule has 6 heteroatoms. The molecule has 2 saturated heterocycles. The van der Waals surface area contributed by atoms with E-state index in [-0.39, 0.29) is 17.6 Å². The third kappa shape index (κ3) is 2.33. The number of aromatic nitrogens is 2. The van der Waals surface area contributed by atoms with Crippen molar-refractivity contribution in [2.24, 2.45) is 7.05 Å². The molecule has 1 amide bonds. The molecule has 3 heterocycles. The maximum absolute atomic E-state index is 12.6. The number of piperidine rings is 1. The van der Waals surface area contributed by atoms with Crippen LogP contribution in [0, 0.1) is 0 Å². The van der Waals surface area contributed by atoms with Crippen molar-refractivity contribution in [3.8, 4) is 0 Å². The van der Waals surface area contributed by atoms with Crippen LogP contribution >= 0.6 is 0 Å². The van der Waals surface area contributed by atoms with Crippen LogP contribution in [-0.2, 0) is 16.5 Å². The summed E-state index contributed by atoms with van der Waals surface area (Å²) in [4.78, 5) is 14.4. The molecule has 2 aliphatic heterocycles. The van der Waals surface area contributed by atoms with Gasteiger partial charge in [-0.05, 0) is 18.9 Å².